The summed E-state index contributed by atoms with van der Waals surface area (Å²) in [7, 11) is 3.28. The monoisotopic (exact) mass is 411 g/mol. The molecule has 0 aliphatic heterocycles. The van der Waals surface area contributed by atoms with Crippen molar-refractivity contribution in [3.63, 3.8) is 0 Å². The number of nitrogens with zero attached hydrogens (tertiary/aromatic N) is 2. The molecule has 0 fully saturated rings. The van der Waals surface area contributed by atoms with E-state index in [-0.39, 0.29) is 0 Å². The van der Waals surface area contributed by atoms with Crippen LogP contribution in [0.25, 0.3) is 21.6 Å². The number of fused-ring (bicyclic) bond motifs is 1. The van der Waals surface area contributed by atoms with E-state index in [1.807, 2.05) is 53.9 Å². The third-order valence-corrected chi connectivity index (χ3v) is 5.70. The quantitative estimate of drug-likeness (QED) is 0.445. The number of ether oxygens (including phenoxy) is 2. The summed E-state index contributed by atoms with van der Waals surface area (Å²) in [5.41, 5.74) is 1.86. The smallest absolute Gasteiger partial charge is 0.173 e. The molecule has 0 spiro atoms. The van der Waals surface area contributed by atoms with Crippen molar-refractivity contribution in [1.29, 1.82) is 0 Å². The summed E-state index contributed by atoms with van der Waals surface area (Å²) in [4.78, 5) is 10.3. The van der Waals surface area contributed by atoms with Crippen molar-refractivity contribution < 1.29 is 9.47 Å². The first-order valence-corrected chi connectivity index (χ1v) is 9.90. The maximum atomic E-state index is 6.30. The third-order valence-electron chi connectivity index (χ3n) is 4.36. The van der Waals surface area contributed by atoms with Crippen molar-refractivity contribution in [2.75, 3.05) is 19.5 Å². The van der Waals surface area contributed by atoms with Crippen LogP contribution in [0.5, 0.6) is 11.5 Å². The average Bonchev–Trinajstić information content (AvgIpc) is 3.17. The molecule has 5 nitrogen and oxygen atoms in total. The van der Waals surface area contributed by atoms with Gasteiger partial charge in [-0.1, -0.05) is 23.7 Å². The van der Waals surface area contributed by atoms with Gasteiger partial charge < -0.3 is 14.8 Å². The number of benzene rings is 2. The van der Waals surface area contributed by atoms with Gasteiger partial charge in [-0.25, -0.2) is 9.97 Å². The maximum absolute atomic E-state index is 6.30. The number of halogens is 1. The first-order valence-electron chi connectivity index (χ1n) is 8.64. The number of aromatic nitrogens is 2. The Hall–Kier alpha value is -2.83. The molecule has 0 saturated carbocycles. The van der Waals surface area contributed by atoms with Crippen LogP contribution in [0, 0.1) is 0 Å². The molecule has 2 aromatic carbocycles. The zero-order valence-corrected chi connectivity index (χ0v) is 17.0. The van der Waals surface area contributed by atoms with Crippen LogP contribution in [0.1, 0.15) is 5.56 Å². The molecule has 7 heteroatoms. The highest BCUT2D eigenvalue weighted by Crippen LogP contribution is 2.34. The van der Waals surface area contributed by atoms with Gasteiger partial charge in [0.2, 0.25) is 0 Å². The van der Waals surface area contributed by atoms with E-state index in [0.717, 1.165) is 38.7 Å². The summed E-state index contributed by atoms with van der Waals surface area (Å²) in [6.07, 6.45) is 0. The molecule has 0 saturated heterocycles. The van der Waals surface area contributed by atoms with Crippen LogP contribution in [0.15, 0.2) is 53.9 Å². The summed E-state index contributed by atoms with van der Waals surface area (Å²) >= 11 is 7.83. The van der Waals surface area contributed by atoms with Crippen molar-refractivity contribution >= 4 is 39.7 Å². The molecule has 0 unspecified atom stereocenters. The minimum Gasteiger partial charge on any atom is -0.497 e. The highest BCUT2D eigenvalue weighted by atomic mass is 35.5. The lowest BCUT2D eigenvalue weighted by Gasteiger charge is -2.13. The first-order chi connectivity index (χ1) is 13.7. The predicted octanol–water partition coefficient (Wildman–Crippen LogP) is 5.64. The van der Waals surface area contributed by atoms with Crippen LogP contribution in [-0.4, -0.2) is 24.2 Å². The van der Waals surface area contributed by atoms with E-state index in [4.69, 9.17) is 26.1 Å². The molecule has 0 aliphatic rings. The number of hydrogen-bond donors (Lipinski definition) is 1. The van der Waals surface area contributed by atoms with Crippen molar-refractivity contribution in [1.82, 2.24) is 9.97 Å². The van der Waals surface area contributed by atoms with E-state index < -0.39 is 0 Å². The number of methoxy groups -OCH3 is 2. The highest BCUT2D eigenvalue weighted by molar-refractivity contribution is 7.14. The minimum absolute atomic E-state index is 0.547. The summed E-state index contributed by atoms with van der Waals surface area (Å²) in [5.74, 6) is 2.88. The second-order valence-electron chi connectivity index (χ2n) is 6.04. The largest absolute Gasteiger partial charge is 0.497 e. The fraction of sp³-hybridized carbons (Fsp3) is 0.143. The summed E-state index contributed by atoms with van der Waals surface area (Å²) in [6.45, 7) is 0.547. The van der Waals surface area contributed by atoms with Gasteiger partial charge in [-0.15, -0.1) is 11.3 Å². The van der Waals surface area contributed by atoms with Gasteiger partial charge in [-0.3, -0.25) is 0 Å². The zero-order chi connectivity index (χ0) is 19.5. The lowest BCUT2D eigenvalue weighted by Crippen LogP contribution is -2.05. The number of anilines is 1. The van der Waals surface area contributed by atoms with Crippen LogP contribution in [0.3, 0.4) is 0 Å². The molecular formula is C21H18ClN3O2S. The first kappa shape index (κ1) is 18.5. The SMILES string of the molecule is COc1ccc(CNc2nc(-c3sccc3Cl)nc3ccccc23)c(OC)c1. The van der Waals surface area contributed by atoms with E-state index in [0.29, 0.717) is 17.4 Å². The Labute approximate surface area is 171 Å². The van der Waals surface area contributed by atoms with Gasteiger partial charge in [0.25, 0.3) is 0 Å². The fourth-order valence-electron chi connectivity index (χ4n) is 2.94. The molecule has 28 heavy (non-hydrogen) atoms. The lowest BCUT2D eigenvalue weighted by atomic mass is 10.1. The van der Waals surface area contributed by atoms with E-state index in [9.17, 15) is 0 Å². The molecule has 142 valence electrons. The number of thiophene rings is 1. The Morgan fingerprint density at radius 2 is 1.89 bits per heavy atom. The van der Waals surface area contributed by atoms with Gasteiger partial charge in [0.15, 0.2) is 5.82 Å². The summed E-state index contributed by atoms with van der Waals surface area (Å²) in [5, 5.41) is 6.97. The van der Waals surface area contributed by atoms with Gasteiger partial charge in [0, 0.05) is 23.6 Å². The normalized spacial score (nSPS) is 10.8. The van der Waals surface area contributed by atoms with Crippen LogP contribution in [-0.2, 0) is 6.54 Å². The van der Waals surface area contributed by atoms with Crippen molar-refractivity contribution in [2.45, 2.75) is 6.54 Å². The van der Waals surface area contributed by atoms with E-state index in [2.05, 4.69) is 10.3 Å². The second-order valence-corrected chi connectivity index (χ2v) is 7.37. The van der Waals surface area contributed by atoms with Gasteiger partial charge in [0.1, 0.15) is 17.3 Å². The van der Waals surface area contributed by atoms with Crippen LogP contribution in [0.4, 0.5) is 5.82 Å². The van der Waals surface area contributed by atoms with Crippen LogP contribution in [0.2, 0.25) is 5.02 Å². The Morgan fingerprint density at radius 1 is 1.04 bits per heavy atom. The topological polar surface area (TPSA) is 56.3 Å². The Bertz CT molecular complexity index is 1130. The van der Waals surface area contributed by atoms with Crippen molar-refractivity contribution in [3.8, 4) is 22.2 Å². The molecular weight excluding hydrogens is 394 g/mol. The predicted molar refractivity (Wildman–Crippen MR) is 115 cm³/mol. The van der Waals surface area contributed by atoms with Crippen molar-refractivity contribution in [2.24, 2.45) is 0 Å². The molecule has 2 heterocycles. The summed E-state index contributed by atoms with van der Waals surface area (Å²) in [6, 6.07) is 15.5. The molecule has 1 N–H and O–H groups in total. The maximum Gasteiger partial charge on any atom is 0.173 e. The van der Waals surface area contributed by atoms with E-state index >= 15 is 0 Å². The Kier molecular flexibility index (Phi) is 5.32. The van der Waals surface area contributed by atoms with Crippen LogP contribution >= 0.6 is 22.9 Å². The van der Waals surface area contributed by atoms with Gasteiger partial charge in [-0.05, 0) is 35.7 Å². The molecule has 2 aromatic heterocycles. The summed E-state index contributed by atoms with van der Waals surface area (Å²) < 4.78 is 10.8. The highest BCUT2D eigenvalue weighted by Gasteiger charge is 2.13. The Morgan fingerprint density at radius 3 is 2.64 bits per heavy atom. The van der Waals surface area contributed by atoms with E-state index in [1.54, 1.807) is 14.2 Å². The average molecular weight is 412 g/mol. The van der Waals surface area contributed by atoms with Gasteiger partial charge in [0.05, 0.1) is 29.6 Å². The number of rotatable bonds is 6. The number of hydrogen-bond acceptors (Lipinski definition) is 6. The molecule has 0 amide bonds. The molecule has 0 radical (unpaired) electrons. The zero-order valence-electron chi connectivity index (χ0n) is 15.4. The molecule has 4 rings (SSSR count). The molecule has 0 aliphatic carbocycles. The standard InChI is InChI=1S/C21H18ClN3O2S/c1-26-14-8-7-13(18(11-14)27-2)12-23-20-15-5-3-4-6-17(15)24-21(25-20)19-16(22)9-10-28-19/h3-11H,12H2,1-2H3,(H,23,24,25). The van der Waals surface area contributed by atoms with Crippen LogP contribution < -0.4 is 14.8 Å². The molecule has 0 bridgehead atoms. The lowest BCUT2D eigenvalue weighted by molar-refractivity contribution is 0.391. The number of nitrogens with one attached hydrogen (secondary N) is 1. The van der Waals surface area contributed by atoms with E-state index in [1.165, 1.54) is 11.3 Å². The molecule has 4 aromatic rings. The van der Waals surface area contributed by atoms with Crippen molar-refractivity contribution in [3.05, 3.63) is 64.5 Å². The fourth-order valence-corrected chi connectivity index (χ4v) is 4.02. The molecule has 0 atom stereocenters. The van der Waals surface area contributed by atoms with Gasteiger partial charge in [-0.2, -0.15) is 0 Å². The third kappa shape index (κ3) is 3.61. The van der Waals surface area contributed by atoms with Gasteiger partial charge >= 0.3 is 0 Å². The second kappa shape index (κ2) is 8.04. The minimum atomic E-state index is 0.547. The number of para-hydroxylation sites is 1. The Balaban J connectivity index is 1.71.